The van der Waals surface area contributed by atoms with Crippen LogP contribution in [0.5, 0.6) is 0 Å². The molecule has 1 saturated heterocycles. The Hall–Kier alpha value is -1.73. The Morgan fingerprint density at radius 3 is 2.73 bits per heavy atom. The molecular formula is C15H19NO5S. The molecule has 22 heavy (non-hydrogen) atoms. The second-order valence-electron chi connectivity index (χ2n) is 4.99. The average Bonchev–Trinajstić information content (AvgIpc) is 2.52. The number of ether oxygens (including phenoxy) is 2. The lowest BCUT2D eigenvalue weighted by atomic mass is 10.1. The van der Waals surface area contributed by atoms with Gasteiger partial charge >= 0.3 is 5.97 Å². The Labute approximate surface area is 131 Å². The maximum Gasteiger partial charge on any atom is 0.338 e. The van der Waals surface area contributed by atoms with E-state index in [1.165, 1.54) is 0 Å². The van der Waals surface area contributed by atoms with Crippen molar-refractivity contribution >= 4 is 22.7 Å². The third kappa shape index (κ3) is 4.92. The predicted octanol–water partition coefficient (Wildman–Crippen LogP) is 0.581. The Balaban J connectivity index is 1.88. The van der Waals surface area contributed by atoms with Gasteiger partial charge in [0, 0.05) is 35.9 Å². The number of benzene rings is 1. The molecule has 0 saturated carbocycles. The van der Waals surface area contributed by atoms with Crippen LogP contribution in [0.4, 0.5) is 0 Å². The number of hydrogen-bond acceptors (Lipinski definition) is 5. The molecule has 1 fully saturated rings. The van der Waals surface area contributed by atoms with E-state index >= 15 is 0 Å². The van der Waals surface area contributed by atoms with Gasteiger partial charge in [0.05, 0.1) is 18.8 Å². The van der Waals surface area contributed by atoms with E-state index < -0.39 is 16.8 Å². The standard InChI is InChI=1S/C15H19NO5S/c1-22(19)11-12-3-2-4-13(9-12)15(18)21-10-14(17)16-5-7-20-8-6-16/h2-4,9H,5-8,10-11H2,1H3. The van der Waals surface area contributed by atoms with Crippen LogP contribution in [0.25, 0.3) is 0 Å². The fourth-order valence-electron chi connectivity index (χ4n) is 2.14. The van der Waals surface area contributed by atoms with Crippen LogP contribution in [-0.2, 0) is 30.8 Å². The van der Waals surface area contributed by atoms with Crippen molar-refractivity contribution in [3.05, 3.63) is 35.4 Å². The third-order valence-corrected chi connectivity index (χ3v) is 3.96. The fraction of sp³-hybridized carbons (Fsp3) is 0.467. The Morgan fingerprint density at radius 1 is 1.32 bits per heavy atom. The molecule has 0 aromatic heterocycles. The van der Waals surface area contributed by atoms with E-state index in [1.807, 2.05) is 0 Å². The third-order valence-electron chi connectivity index (χ3n) is 3.22. The summed E-state index contributed by atoms with van der Waals surface area (Å²) >= 11 is 0. The first-order chi connectivity index (χ1) is 10.6. The lowest BCUT2D eigenvalue weighted by molar-refractivity contribution is -0.138. The summed E-state index contributed by atoms with van der Waals surface area (Å²) < 4.78 is 21.4. The summed E-state index contributed by atoms with van der Waals surface area (Å²) in [6.45, 7) is 1.79. The lowest BCUT2D eigenvalue weighted by Gasteiger charge is -2.26. The summed E-state index contributed by atoms with van der Waals surface area (Å²) in [5.74, 6) is -0.388. The molecule has 1 aliphatic rings. The van der Waals surface area contributed by atoms with E-state index in [2.05, 4.69) is 0 Å². The van der Waals surface area contributed by atoms with E-state index in [4.69, 9.17) is 9.47 Å². The predicted molar refractivity (Wildman–Crippen MR) is 81.9 cm³/mol. The summed E-state index contributed by atoms with van der Waals surface area (Å²) in [6, 6.07) is 6.77. The maximum atomic E-state index is 12.0. The van der Waals surface area contributed by atoms with Crippen molar-refractivity contribution < 1.29 is 23.3 Å². The van der Waals surface area contributed by atoms with Crippen LogP contribution in [-0.4, -0.2) is 60.2 Å². The highest BCUT2D eigenvalue weighted by Crippen LogP contribution is 2.09. The molecule has 1 unspecified atom stereocenters. The summed E-state index contributed by atoms with van der Waals surface area (Å²) in [4.78, 5) is 25.5. The van der Waals surface area contributed by atoms with Gasteiger partial charge < -0.3 is 14.4 Å². The first-order valence-corrected chi connectivity index (χ1v) is 8.70. The van der Waals surface area contributed by atoms with Gasteiger partial charge in [-0.1, -0.05) is 12.1 Å². The molecule has 0 bridgehead atoms. The number of carbonyl (C=O) groups is 2. The molecule has 1 heterocycles. The molecule has 1 aromatic rings. The molecule has 0 aliphatic carbocycles. The molecule has 7 heteroatoms. The molecule has 6 nitrogen and oxygen atoms in total. The molecular weight excluding hydrogens is 306 g/mol. The van der Waals surface area contributed by atoms with Crippen LogP contribution in [0.3, 0.4) is 0 Å². The van der Waals surface area contributed by atoms with Crippen molar-refractivity contribution in [3.8, 4) is 0 Å². The molecule has 1 aliphatic heterocycles. The zero-order chi connectivity index (χ0) is 15.9. The molecule has 120 valence electrons. The van der Waals surface area contributed by atoms with Gasteiger partial charge in [0.1, 0.15) is 0 Å². The number of hydrogen-bond donors (Lipinski definition) is 0. The second kappa shape index (κ2) is 8.05. The smallest absolute Gasteiger partial charge is 0.338 e. The highest BCUT2D eigenvalue weighted by atomic mass is 32.2. The molecule has 0 radical (unpaired) electrons. The van der Waals surface area contributed by atoms with Gasteiger partial charge in [0.2, 0.25) is 0 Å². The summed E-state index contributed by atoms with van der Waals surface area (Å²) in [5.41, 5.74) is 1.16. The number of nitrogens with zero attached hydrogens (tertiary/aromatic N) is 1. The first-order valence-electron chi connectivity index (χ1n) is 6.98. The molecule has 1 amide bonds. The minimum absolute atomic E-state index is 0.220. The van der Waals surface area contributed by atoms with Gasteiger partial charge in [-0.25, -0.2) is 4.79 Å². The number of amides is 1. The quantitative estimate of drug-likeness (QED) is 0.741. The SMILES string of the molecule is CS(=O)Cc1cccc(C(=O)OCC(=O)N2CCOCC2)c1. The second-order valence-corrected chi connectivity index (χ2v) is 6.42. The van der Waals surface area contributed by atoms with Crippen LogP contribution < -0.4 is 0 Å². The zero-order valence-electron chi connectivity index (χ0n) is 12.4. The van der Waals surface area contributed by atoms with Gasteiger partial charge in [0.15, 0.2) is 6.61 Å². The molecule has 2 rings (SSSR count). The average molecular weight is 325 g/mol. The highest BCUT2D eigenvalue weighted by Gasteiger charge is 2.18. The van der Waals surface area contributed by atoms with Crippen molar-refractivity contribution in [1.29, 1.82) is 0 Å². The Kier molecular flexibility index (Phi) is 6.09. The summed E-state index contributed by atoms with van der Waals surface area (Å²) in [5, 5.41) is 0. The first kappa shape index (κ1) is 16.6. The van der Waals surface area contributed by atoms with Gasteiger partial charge in [0.25, 0.3) is 5.91 Å². The number of rotatable bonds is 5. The van der Waals surface area contributed by atoms with E-state index in [0.717, 1.165) is 5.56 Å². The van der Waals surface area contributed by atoms with Crippen LogP contribution in [0, 0.1) is 0 Å². The van der Waals surface area contributed by atoms with E-state index in [-0.39, 0.29) is 12.5 Å². The number of morpholine rings is 1. The van der Waals surface area contributed by atoms with E-state index in [1.54, 1.807) is 35.4 Å². The molecule has 1 atom stereocenters. The Bertz CT molecular complexity index is 569. The molecule has 0 N–H and O–H groups in total. The molecule has 0 spiro atoms. The maximum absolute atomic E-state index is 12.0. The fourth-order valence-corrected chi connectivity index (χ4v) is 2.79. The van der Waals surface area contributed by atoms with Crippen molar-refractivity contribution in [2.45, 2.75) is 5.75 Å². The minimum Gasteiger partial charge on any atom is -0.452 e. The van der Waals surface area contributed by atoms with E-state index in [0.29, 0.717) is 37.6 Å². The van der Waals surface area contributed by atoms with Gasteiger partial charge in [-0.05, 0) is 17.7 Å². The Morgan fingerprint density at radius 2 is 2.05 bits per heavy atom. The largest absolute Gasteiger partial charge is 0.452 e. The normalized spacial score (nSPS) is 16.1. The number of esters is 1. The zero-order valence-corrected chi connectivity index (χ0v) is 13.3. The van der Waals surface area contributed by atoms with Crippen LogP contribution >= 0.6 is 0 Å². The van der Waals surface area contributed by atoms with E-state index in [9.17, 15) is 13.8 Å². The summed E-state index contributed by atoms with van der Waals surface area (Å²) in [7, 11) is -0.977. The van der Waals surface area contributed by atoms with Crippen molar-refractivity contribution in [1.82, 2.24) is 4.90 Å². The highest BCUT2D eigenvalue weighted by molar-refractivity contribution is 7.83. The van der Waals surface area contributed by atoms with Crippen molar-refractivity contribution in [2.24, 2.45) is 0 Å². The van der Waals surface area contributed by atoms with Crippen LogP contribution in [0.15, 0.2) is 24.3 Å². The van der Waals surface area contributed by atoms with Crippen molar-refractivity contribution in [3.63, 3.8) is 0 Å². The topological polar surface area (TPSA) is 72.9 Å². The van der Waals surface area contributed by atoms with Crippen molar-refractivity contribution in [2.75, 3.05) is 39.2 Å². The molecule has 1 aromatic carbocycles. The van der Waals surface area contributed by atoms with Gasteiger partial charge in [-0.15, -0.1) is 0 Å². The number of carbonyl (C=O) groups excluding carboxylic acids is 2. The monoisotopic (exact) mass is 325 g/mol. The van der Waals surface area contributed by atoms with Gasteiger partial charge in [-0.3, -0.25) is 9.00 Å². The summed E-state index contributed by atoms with van der Waals surface area (Å²) in [6.07, 6.45) is 1.60. The minimum atomic E-state index is -0.977. The van der Waals surface area contributed by atoms with Crippen LogP contribution in [0.2, 0.25) is 0 Å². The van der Waals surface area contributed by atoms with Gasteiger partial charge in [-0.2, -0.15) is 0 Å². The lowest BCUT2D eigenvalue weighted by Crippen LogP contribution is -2.42. The van der Waals surface area contributed by atoms with Crippen LogP contribution in [0.1, 0.15) is 15.9 Å².